The van der Waals surface area contributed by atoms with Crippen LogP contribution in [-0.2, 0) is 6.42 Å². The van der Waals surface area contributed by atoms with Gasteiger partial charge in [0.2, 0.25) is 11.8 Å². The van der Waals surface area contributed by atoms with Crippen molar-refractivity contribution in [2.75, 3.05) is 20.8 Å². The normalized spacial score (nSPS) is 10.5. The molecule has 6 heteroatoms. The molecule has 0 bridgehead atoms. The maximum atomic E-state index is 8.77. The lowest BCUT2D eigenvalue weighted by Crippen LogP contribution is -1.89. The van der Waals surface area contributed by atoms with Gasteiger partial charge in [0, 0.05) is 24.7 Å². The van der Waals surface area contributed by atoms with E-state index in [0.29, 0.717) is 36.1 Å². The van der Waals surface area contributed by atoms with Crippen LogP contribution >= 0.6 is 0 Å². The lowest BCUT2D eigenvalue weighted by atomic mass is 10.2. The van der Waals surface area contributed by atoms with Crippen LogP contribution in [0.3, 0.4) is 0 Å². The summed E-state index contributed by atoms with van der Waals surface area (Å²) in [6, 6.07) is 5.37. The minimum Gasteiger partial charge on any atom is -0.497 e. The maximum absolute atomic E-state index is 8.77. The molecule has 2 rings (SSSR count). The third kappa shape index (κ3) is 3.23. The number of hydrogen-bond acceptors (Lipinski definition) is 6. The van der Waals surface area contributed by atoms with Crippen molar-refractivity contribution in [1.82, 2.24) is 10.2 Å². The Morgan fingerprint density at radius 1 is 1.11 bits per heavy atom. The molecule has 0 aliphatic carbocycles. The van der Waals surface area contributed by atoms with E-state index >= 15 is 0 Å². The van der Waals surface area contributed by atoms with E-state index in [1.54, 1.807) is 32.4 Å². The lowest BCUT2D eigenvalue weighted by Gasteiger charge is -2.05. The van der Waals surface area contributed by atoms with Gasteiger partial charge in [-0.1, -0.05) is 0 Å². The molecule has 102 valence electrons. The SMILES string of the molecule is COc1cc(OC)cc(-c2nnc(CCCO)o2)c1. The highest BCUT2D eigenvalue weighted by Crippen LogP contribution is 2.29. The van der Waals surface area contributed by atoms with Gasteiger partial charge in [0.05, 0.1) is 14.2 Å². The van der Waals surface area contributed by atoms with Crippen molar-refractivity contribution in [2.45, 2.75) is 12.8 Å². The Kier molecular flexibility index (Phi) is 4.35. The summed E-state index contributed by atoms with van der Waals surface area (Å²) in [5.74, 6) is 2.23. The van der Waals surface area contributed by atoms with E-state index in [1.807, 2.05) is 0 Å². The molecule has 19 heavy (non-hydrogen) atoms. The molecule has 0 atom stereocenters. The first kappa shape index (κ1) is 13.4. The van der Waals surface area contributed by atoms with Crippen LogP contribution < -0.4 is 9.47 Å². The highest BCUT2D eigenvalue weighted by molar-refractivity contribution is 5.59. The van der Waals surface area contributed by atoms with Gasteiger partial charge in [0.15, 0.2) is 0 Å². The summed E-state index contributed by atoms with van der Waals surface area (Å²) in [6.45, 7) is 0.102. The minimum absolute atomic E-state index is 0.102. The van der Waals surface area contributed by atoms with Gasteiger partial charge >= 0.3 is 0 Å². The number of aliphatic hydroxyl groups is 1. The zero-order chi connectivity index (χ0) is 13.7. The van der Waals surface area contributed by atoms with E-state index in [9.17, 15) is 0 Å². The predicted octanol–water partition coefficient (Wildman–Crippen LogP) is 1.68. The van der Waals surface area contributed by atoms with Crippen molar-refractivity contribution >= 4 is 0 Å². The van der Waals surface area contributed by atoms with Gasteiger partial charge < -0.3 is 19.0 Å². The van der Waals surface area contributed by atoms with Crippen molar-refractivity contribution in [3.05, 3.63) is 24.1 Å². The first-order valence-electron chi connectivity index (χ1n) is 5.93. The summed E-state index contributed by atoms with van der Waals surface area (Å²) in [5.41, 5.74) is 0.735. The van der Waals surface area contributed by atoms with Crippen molar-refractivity contribution in [1.29, 1.82) is 0 Å². The third-order valence-corrected chi connectivity index (χ3v) is 2.61. The topological polar surface area (TPSA) is 77.6 Å². The second-order valence-electron chi connectivity index (χ2n) is 3.93. The molecule has 0 aliphatic rings. The molecular formula is C13H16N2O4. The molecule has 0 amide bonds. The van der Waals surface area contributed by atoms with Crippen molar-refractivity contribution in [3.63, 3.8) is 0 Å². The largest absolute Gasteiger partial charge is 0.497 e. The standard InChI is InChI=1S/C13H16N2O4/c1-17-10-6-9(7-11(8-10)18-2)13-15-14-12(19-13)4-3-5-16/h6-8,16H,3-5H2,1-2H3. The van der Waals surface area contributed by atoms with Gasteiger partial charge in [0.25, 0.3) is 0 Å². The zero-order valence-corrected chi connectivity index (χ0v) is 10.9. The molecule has 0 aliphatic heterocycles. The van der Waals surface area contributed by atoms with E-state index in [4.69, 9.17) is 19.0 Å². The number of hydrogen-bond donors (Lipinski definition) is 1. The van der Waals surface area contributed by atoms with Gasteiger partial charge in [-0.2, -0.15) is 0 Å². The number of rotatable bonds is 6. The summed E-state index contributed by atoms with van der Waals surface area (Å²) in [7, 11) is 3.16. The van der Waals surface area contributed by atoms with Gasteiger partial charge in [-0.15, -0.1) is 10.2 Å². The average Bonchev–Trinajstić information content (AvgIpc) is 2.93. The smallest absolute Gasteiger partial charge is 0.248 e. The van der Waals surface area contributed by atoms with E-state index in [0.717, 1.165) is 5.56 Å². The van der Waals surface area contributed by atoms with E-state index in [1.165, 1.54) is 0 Å². The Labute approximate surface area is 111 Å². The number of aromatic nitrogens is 2. The number of ether oxygens (including phenoxy) is 2. The van der Waals surface area contributed by atoms with Gasteiger partial charge in [-0.25, -0.2) is 0 Å². The fourth-order valence-electron chi connectivity index (χ4n) is 1.63. The van der Waals surface area contributed by atoms with Gasteiger partial charge in [-0.05, 0) is 18.6 Å². The molecule has 0 spiro atoms. The minimum atomic E-state index is 0.102. The lowest BCUT2D eigenvalue weighted by molar-refractivity contribution is 0.283. The molecular weight excluding hydrogens is 248 g/mol. The Hall–Kier alpha value is -2.08. The Morgan fingerprint density at radius 2 is 1.79 bits per heavy atom. The molecule has 0 fully saturated rings. The number of methoxy groups -OCH3 is 2. The molecule has 2 aromatic rings. The van der Waals surface area contributed by atoms with Crippen LogP contribution in [0.15, 0.2) is 22.6 Å². The Balaban J connectivity index is 2.27. The molecule has 0 saturated carbocycles. The summed E-state index contributed by atoms with van der Waals surface area (Å²) >= 11 is 0. The fourth-order valence-corrected chi connectivity index (χ4v) is 1.63. The zero-order valence-electron chi connectivity index (χ0n) is 10.9. The monoisotopic (exact) mass is 264 g/mol. The summed E-state index contributed by atoms with van der Waals surface area (Å²) in [4.78, 5) is 0. The molecule has 0 radical (unpaired) electrons. The van der Waals surface area contributed by atoms with Gasteiger partial charge in [0.1, 0.15) is 11.5 Å². The van der Waals surface area contributed by atoms with E-state index in [2.05, 4.69) is 10.2 Å². The van der Waals surface area contributed by atoms with Crippen LogP contribution in [0.4, 0.5) is 0 Å². The van der Waals surface area contributed by atoms with Crippen molar-refractivity contribution < 1.29 is 19.0 Å². The molecule has 0 unspecified atom stereocenters. The summed E-state index contributed by atoms with van der Waals surface area (Å²) in [5, 5.41) is 16.7. The highest BCUT2D eigenvalue weighted by atomic mass is 16.5. The number of aryl methyl sites for hydroxylation is 1. The molecule has 1 aromatic carbocycles. The molecule has 1 aromatic heterocycles. The second kappa shape index (κ2) is 6.19. The fraction of sp³-hybridized carbons (Fsp3) is 0.385. The molecule has 6 nitrogen and oxygen atoms in total. The highest BCUT2D eigenvalue weighted by Gasteiger charge is 2.11. The van der Waals surface area contributed by atoms with Crippen LogP contribution in [0.1, 0.15) is 12.3 Å². The Bertz CT molecular complexity index is 517. The number of nitrogens with zero attached hydrogens (tertiary/aromatic N) is 2. The first-order valence-corrected chi connectivity index (χ1v) is 5.93. The molecule has 1 heterocycles. The number of benzene rings is 1. The molecule has 1 N–H and O–H groups in total. The van der Waals surface area contributed by atoms with E-state index in [-0.39, 0.29) is 6.61 Å². The predicted molar refractivity (Wildman–Crippen MR) is 68.2 cm³/mol. The second-order valence-corrected chi connectivity index (χ2v) is 3.93. The third-order valence-electron chi connectivity index (χ3n) is 2.61. The maximum Gasteiger partial charge on any atom is 0.248 e. The first-order chi connectivity index (χ1) is 9.26. The molecule has 0 saturated heterocycles. The quantitative estimate of drug-likeness (QED) is 0.855. The van der Waals surface area contributed by atoms with Crippen LogP contribution in [0, 0.1) is 0 Å². The van der Waals surface area contributed by atoms with E-state index < -0.39 is 0 Å². The van der Waals surface area contributed by atoms with Crippen LogP contribution in [0.2, 0.25) is 0 Å². The average molecular weight is 264 g/mol. The summed E-state index contributed by atoms with van der Waals surface area (Å²) < 4.78 is 15.9. The Morgan fingerprint density at radius 3 is 2.37 bits per heavy atom. The van der Waals surface area contributed by atoms with Crippen molar-refractivity contribution in [2.24, 2.45) is 0 Å². The summed E-state index contributed by atoms with van der Waals surface area (Å²) in [6.07, 6.45) is 1.16. The van der Waals surface area contributed by atoms with Crippen LogP contribution in [0.5, 0.6) is 11.5 Å². The van der Waals surface area contributed by atoms with Gasteiger partial charge in [-0.3, -0.25) is 0 Å². The number of aliphatic hydroxyl groups excluding tert-OH is 1. The van der Waals surface area contributed by atoms with Crippen molar-refractivity contribution in [3.8, 4) is 23.0 Å². The van der Waals surface area contributed by atoms with Crippen LogP contribution in [-0.4, -0.2) is 36.1 Å². The van der Waals surface area contributed by atoms with Crippen LogP contribution in [0.25, 0.3) is 11.5 Å².